The van der Waals surface area contributed by atoms with E-state index in [4.69, 9.17) is 0 Å². The van der Waals surface area contributed by atoms with E-state index in [1.165, 1.54) is 4.90 Å². The minimum atomic E-state index is -0.0822. The van der Waals surface area contributed by atoms with E-state index in [-0.39, 0.29) is 6.03 Å². The van der Waals surface area contributed by atoms with Crippen molar-refractivity contribution in [3.63, 3.8) is 0 Å². The first-order chi connectivity index (χ1) is 6.61. The lowest BCUT2D eigenvalue weighted by molar-refractivity contribution is 0.217. The van der Waals surface area contributed by atoms with E-state index in [2.05, 4.69) is 10.3 Å². The third-order valence-electron chi connectivity index (χ3n) is 1.97. The van der Waals surface area contributed by atoms with Gasteiger partial charge >= 0.3 is 6.03 Å². The number of amides is 2. The van der Waals surface area contributed by atoms with E-state index in [0.29, 0.717) is 6.54 Å². The molecular weight excluding hydrogens is 178 g/mol. The fourth-order valence-corrected chi connectivity index (χ4v) is 1.03. The SMILES string of the molecule is Cc1cnccc1CNC(=O)N(C)C. The average Bonchev–Trinajstić information content (AvgIpc) is 2.16. The van der Waals surface area contributed by atoms with E-state index in [1.807, 2.05) is 13.0 Å². The van der Waals surface area contributed by atoms with Gasteiger partial charge in [-0.1, -0.05) is 0 Å². The molecule has 1 N–H and O–H groups in total. The zero-order chi connectivity index (χ0) is 10.6. The van der Waals surface area contributed by atoms with Crippen molar-refractivity contribution in [3.05, 3.63) is 29.6 Å². The first kappa shape index (κ1) is 10.5. The van der Waals surface area contributed by atoms with Crippen LogP contribution in [0.2, 0.25) is 0 Å². The molecule has 1 aromatic heterocycles. The lowest BCUT2D eigenvalue weighted by Crippen LogP contribution is -2.34. The van der Waals surface area contributed by atoms with Crippen molar-refractivity contribution in [2.45, 2.75) is 13.5 Å². The van der Waals surface area contributed by atoms with Gasteiger partial charge in [-0.15, -0.1) is 0 Å². The average molecular weight is 193 g/mol. The summed E-state index contributed by atoms with van der Waals surface area (Å²) in [5.74, 6) is 0. The Balaban J connectivity index is 2.54. The van der Waals surface area contributed by atoms with E-state index in [9.17, 15) is 4.79 Å². The summed E-state index contributed by atoms with van der Waals surface area (Å²) in [6.07, 6.45) is 3.52. The molecule has 4 nitrogen and oxygen atoms in total. The van der Waals surface area contributed by atoms with Gasteiger partial charge in [0.25, 0.3) is 0 Å². The van der Waals surface area contributed by atoms with Gasteiger partial charge in [-0.2, -0.15) is 0 Å². The molecule has 0 aliphatic heterocycles. The van der Waals surface area contributed by atoms with Crippen molar-refractivity contribution < 1.29 is 4.79 Å². The van der Waals surface area contributed by atoms with Crippen LogP contribution >= 0.6 is 0 Å². The molecule has 0 spiro atoms. The van der Waals surface area contributed by atoms with Crippen LogP contribution < -0.4 is 5.32 Å². The van der Waals surface area contributed by atoms with Gasteiger partial charge in [0.1, 0.15) is 0 Å². The van der Waals surface area contributed by atoms with Crippen molar-refractivity contribution in [1.82, 2.24) is 15.2 Å². The van der Waals surface area contributed by atoms with E-state index >= 15 is 0 Å². The summed E-state index contributed by atoms with van der Waals surface area (Å²) in [4.78, 5) is 16.7. The number of carbonyl (C=O) groups excluding carboxylic acids is 1. The molecule has 0 saturated carbocycles. The predicted octanol–water partition coefficient (Wildman–Crippen LogP) is 1.16. The molecule has 0 aliphatic rings. The lowest BCUT2D eigenvalue weighted by Gasteiger charge is -2.12. The third-order valence-corrected chi connectivity index (χ3v) is 1.97. The Morgan fingerprint density at radius 3 is 2.86 bits per heavy atom. The number of pyridine rings is 1. The molecular formula is C10H15N3O. The first-order valence-corrected chi connectivity index (χ1v) is 4.46. The van der Waals surface area contributed by atoms with Gasteiger partial charge in [-0.05, 0) is 24.1 Å². The Labute approximate surface area is 83.9 Å². The van der Waals surface area contributed by atoms with Crippen LogP contribution in [-0.2, 0) is 6.54 Å². The number of aryl methyl sites for hydroxylation is 1. The van der Waals surface area contributed by atoms with Crippen LogP contribution in [0.25, 0.3) is 0 Å². The molecule has 0 aromatic carbocycles. The standard InChI is InChI=1S/C10H15N3O/c1-8-6-11-5-4-9(8)7-12-10(14)13(2)3/h4-6H,7H2,1-3H3,(H,12,14). The number of hydrogen-bond donors (Lipinski definition) is 1. The Hall–Kier alpha value is -1.58. The zero-order valence-electron chi connectivity index (χ0n) is 8.74. The van der Waals surface area contributed by atoms with Crippen LogP contribution in [0.5, 0.6) is 0 Å². The van der Waals surface area contributed by atoms with Gasteiger partial charge < -0.3 is 10.2 Å². The Bertz CT molecular complexity index is 323. The maximum absolute atomic E-state index is 11.2. The molecule has 0 saturated heterocycles. The van der Waals surface area contributed by atoms with Crippen molar-refractivity contribution in [1.29, 1.82) is 0 Å². The summed E-state index contributed by atoms with van der Waals surface area (Å²) in [7, 11) is 3.43. The van der Waals surface area contributed by atoms with Gasteiger partial charge in [-0.25, -0.2) is 4.79 Å². The maximum Gasteiger partial charge on any atom is 0.317 e. The number of rotatable bonds is 2. The molecule has 0 fully saturated rings. The molecule has 0 atom stereocenters. The number of aromatic nitrogens is 1. The second-order valence-electron chi connectivity index (χ2n) is 3.36. The second-order valence-corrected chi connectivity index (χ2v) is 3.36. The summed E-state index contributed by atoms with van der Waals surface area (Å²) in [5.41, 5.74) is 2.18. The number of nitrogens with zero attached hydrogens (tertiary/aromatic N) is 2. The maximum atomic E-state index is 11.2. The Morgan fingerprint density at radius 2 is 2.29 bits per heavy atom. The molecule has 1 rings (SSSR count). The van der Waals surface area contributed by atoms with Gasteiger partial charge in [0, 0.05) is 33.0 Å². The monoisotopic (exact) mass is 193 g/mol. The zero-order valence-corrected chi connectivity index (χ0v) is 8.74. The minimum Gasteiger partial charge on any atom is -0.334 e. The van der Waals surface area contributed by atoms with Crippen molar-refractivity contribution in [2.24, 2.45) is 0 Å². The number of carbonyl (C=O) groups is 1. The highest BCUT2D eigenvalue weighted by Crippen LogP contribution is 2.03. The lowest BCUT2D eigenvalue weighted by atomic mass is 10.1. The fourth-order valence-electron chi connectivity index (χ4n) is 1.03. The minimum absolute atomic E-state index is 0.0822. The molecule has 0 unspecified atom stereocenters. The van der Waals surface area contributed by atoms with Crippen LogP contribution in [-0.4, -0.2) is 30.0 Å². The van der Waals surface area contributed by atoms with Crippen LogP contribution in [0.3, 0.4) is 0 Å². The topological polar surface area (TPSA) is 45.2 Å². The van der Waals surface area contributed by atoms with Gasteiger partial charge in [0.05, 0.1) is 0 Å². The molecule has 1 heterocycles. The highest BCUT2D eigenvalue weighted by Gasteiger charge is 2.03. The Kier molecular flexibility index (Phi) is 3.45. The largest absolute Gasteiger partial charge is 0.334 e. The molecule has 0 radical (unpaired) electrons. The van der Waals surface area contributed by atoms with E-state index in [1.54, 1.807) is 26.5 Å². The number of urea groups is 1. The highest BCUT2D eigenvalue weighted by atomic mass is 16.2. The van der Waals surface area contributed by atoms with Gasteiger partial charge in [0.2, 0.25) is 0 Å². The summed E-state index contributed by atoms with van der Waals surface area (Å²) in [5, 5.41) is 2.80. The second kappa shape index (κ2) is 4.60. The Morgan fingerprint density at radius 1 is 1.57 bits per heavy atom. The van der Waals surface area contributed by atoms with E-state index < -0.39 is 0 Å². The molecule has 4 heteroatoms. The molecule has 2 amide bonds. The quantitative estimate of drug-likeness (QED) is 0.766. The van der Waals surface area contributed by atoms with Crippen molar-refractivity contribution >= 4 is 6.03 Å². The van der Waals surface area contributed by atoms with Crippen molar-refractivity contribution in [2.75, 3.05) is 14.1 Å². The molecule has 1 aromatic rings. The third kappa shape index (κ3) is 2.73. The molecule has 0 aliphatic carbocycles. The highest BCUT2D eigenvalue weighted by molar-refractivity contribution is 5.73. The van der Waals surface area contributed by atoms with Crippen LogP contribution in [0.15, 0.2) is 18.5 Å². The fraction of sp³-hybridized carbons (Fsp3) is 0.400. The van der Waals surface area contributed by atoms with Crippen LogP contribution in [0.4, 0.5) is 4.79 Å². The summed E-state index contributed by atoms with van der Waals surface area (Å²) in [6, 6.07) is 1.83. The molecule has 14 heavy (non-hydrogen) atoms. The van der Waals surface area contributed by atoms with E-state index in [0.717, 1.165) is 11.1 Å². The molecule has 76 valence electrons. The van der Waals surface area contributed by atoms with Crippen LogP contribution in [0, 0.1) is 6.92 Å². The summed E-state index contributed by atoms with van der Waals surface area (Å²) < 4.78 is 0. The van der Waals surface area contributed by atoms with Crippen molar-refractivity contribution in [3.8, 4) is 0 Å². The van der Waals surface area contributed by atoms with Crippen LogP contribution in [0.1, 0.15) is 11.1 Å². The number of hydrogen-bond acceptors (Lipinski definition) is 2. The summed E-state index contributed by atoms with van der Waals surface area (Å²) in [6.45, 7) is 2.52. The van der Waals surface area contributed by atoms with Gasteiger partial charge in [0.15, 0.2) is 0 Å². The molecule has 0 bridgehead atoms. The normalized spacial score (nSPS) is 9.64. The predicted molar refractivity (Wildman–Crippen MR) is 54.9 cm³/mol. The smallest absolute Gasteiger partial charge is 0.317 e. The summed E-state index contributed by atoms with van der Waals surface area (Å²) >= 11 is 0. The van der Waals surface area contributed by atoms with Gasteiger partial charge in [-0.3, -0.25) is 4.98 Å². The number of nitrogens with one attached hydrogen (secondary N) is 1. The first-order valence-electron chi connectivity index (χ1n) is 4.46.